The highest BCUT2D eigenvalue weighted by Gasteiger charge is 2.44. The second kappa shape index (κ2) is 50.8. The first-order valence-electron chi connectivity index (χ1n) is 39.7. The van der Waals surface area contributed by atoms with Crippen molar-refractivity contribution < 1.29 is 77.2 Å². The maximum atomic E-state index is 15.2. The average molecular weight is 1570 g/mol. The van der Waals surface area contributed by atoms with Gasteiger partial charge in [0.1, 0.15) is 61.0 Å². The fraction of sp³-hybridized carbons (Fsp3) is 0.615. The zero-order valence-electron chi connectivity index (χ0n) is 64.8. The van der Waals surface area contributed by atoms with Gasteiger partial charge in [-0.3, -0.25) is 62.9 Å². The number of ether oxygens (including phenoxy) is 2. The molecule has 4 heterocycles. The molecule has 0 radical (unpaired) electrons. The number of aromatic amines is 2. The molecule has 20 N–H and O–H groups in total. The molecule has 112 heavy (non-hydrogen) atoms. The predicted molar refractivity (Wildman–Crippen MR) is 417 cm³/mol. The van der Waals surface area contributed by atoms with Gasteiger partial charge in [0, 0.05) is 81.6 Å². The molecule has 2 aliphatic rings. The van der Waals surface area contributed by atoms with Gasteiger partial charge in [-0.2, -0.15) is 0 Å². The number of carbonyl (C=O) groups excluding carboxylic acids is 12. The summed E-state index contributed by atoms with van der Waals surface area (Å²) in [5.74, 6) is -10.4. The normalized spacial score (nSPS) is 19.8. The highest BCUT2D eigenvalue weighted by molar-refractivity contribution is 6.00. The Kier molecular flexibility index (Phi) is 41.2. The number of H-pyrrole nitrogens is 2. The summed E-state index contributed by atoms with van der Waals surface area (Å²) in [5.41, 5.74) is 13.7. The van der Waals surface area contributed by atoms with Gasteiger partial charge >= 0.3 is 0 Å². The van der Waals surface area contributed by atoms with Crippen LogP contribution in [0.2, 0.25) is 0 Å². The highest BCUT2D eigenvalue weighted by Crippen LogP contribution is 2.23. The molecule has 0 aliphatic carbocycles. The van der Waals surface area contributed by atoms with E-state index in [1.807, 2.05) is 18.2 Å². The number of nitrogens with one attached hydrogen (secondary N) is 14. The molecule has 618 valence electrons. The van der Waals surface area contributed by atoms with Crippen LogP contribution >= 0.6 is 0 Å². The number of unbranched alkanes of at least 4 members (excludes halogenated alkanes) is 13. The number of benzene rings is 2. The number of primary amides is 1. The molecule has 12 amide bonds. The lowest BCUT2D eigenvalue weighted by Crippen LogP contribution is -2.61. The molecule has 34 heteroatoms. The van der Waals surface area contributed by atoms with Gasteiger partial charge in [-0.1, -0.05) is 152 Å². The first kappa shape index (κ1) is 90.8. The Morgan fingerprint density at radius 2 is 1.29 bits per heavy atom. The molecule has 6 rings (SSSR count). The fourth-order valence-corrected chi connectivity index (χ4v) is 13.4. The smallest absolute Gasteiger partial charge is 0.246 e. The molecule has 34 nitrogen and oxygen atoms in total. The van der Waals surface area contributed by atoms with Crippen LogP contribution in [-0.2, 0) is 86.3 Å². The number of carbonyl (C=O) groups is 12. The first-order chi connectivity index (χ1) is 54.1. The van der Waals surface area contributed by atoms with Crippen molar-refractivity contribution in [3.63, 3.8) is 0 Å². The van der Waals surface area contributed by atoms with E-state index in [0.717, 1.165) is 35.1 Å². The Balaban J connectivity index is 1.13. The van der Waals surface area contributed by atoms with Crippen molar-refractivity contribution >= 4 is 87.7 Å². The zero-order chi connectivity index (χ0) is 81.0. The number of amides is 12. The van der Waals surface area contributed by atoms with Crippen molar-refractivity contribution in [2.45, 2.75) is 248 Å². The number of hydrogen-bond acceptors (Lipinski definition) is 18. The number of aliphatic hydroxyl groups is 2. The van der Waals surface area contributed by atoms with Crippen LogP contribution < -0.4 is 70.0 Å². The SMILES string of the molecule is CCCCCCCCCCCCCCCC(=O)NCCOCCOCC(=O)N[C@@H](Cc1c[nH]cn1)C(=O)N[C@@H](CO)C(=O)N[C@@H](CCCC)C(=O)N[C@H]1CC(=O)NCCCC[C@@H](C(N)=O)NC(=O)[C@H](Cc2c[nH]c3ccccc23)NC(=O)[C@H](CCCNC(=N)N)NC(=O)[C@@H](Cc2ccccc2)NC(=O)[C@@H]2C[C@@H](O)CN2C1=O. The second-order valence-electron chi connectivity index (χ2n) is 28.7. The van der Waals surface area contributed by atoms with Crippen LogP contribution in [0.5, 0.6) is 0 Å². The minimum atomic E-state index is -1.82. The Hall–Kier alpha value is -10.1. The number of nitrogens with two attached hydrogens (primary N) is 2. The number of aliphatic hydroxyl groups excluding tert-OH is 2. The van der Waals surface area contributed by atoms with E-state index in [2.05, 4.69) is 80.4 Å². The van der Waals surface area contributed by atoms with Gasteiger partial charge in [0.25, 0.3) is 0 Å². The van der Waals surface area contributed by atoms with Gasteiger partial charge in [-0.05, 0) is 62.1 Å². The number of hydrogen-bond donors (Lipinski definition) is 18. The van der Waals surface area contributed by atoms with E-state index in [1.165, 1.54) is 76.7 Å². The van der Waals surface area contributed by atoms with Gasteiger partial charge in [-0.15, -0.1) is 0 Å². The average Bonchev–Trinajstić information content (AvgIpc) is 1.65. The molecule has 0 spiro atoms. The molecule has 0 bridgehead atoms. The molecular weight excluding hydrogens is 1440 g/mol. The lowest BCUT2D eigenvalue weighted by molar-refractivity contribution is -0.144. The minimum absolute atomic E-state index is 0.00861. The molecule has 2 saturated heterocycles. The van der Waals surface area contributed by atoms with Crippen LogP contribution in [0.1, 0.15) is 185 Å². The Labute approximate surface area is 654 Å². The van der Waals surface area contributed by atoms with Crippen molar-refractivity contribution in [2.75, 3.05) is 59.2 Å². The molecule has 0 saturated carbocycles. The van der Waals surface area contributed by atoms with E-state index < -0.39 is 152 Å². The lowest BCUT2D eigenvalue weighted by atomic mass is 10.0. The van der Waals surface area contributed by atoms with Crippen LogP contribution in [0.25, 0.3) is 10.9 Å². The Bertz CT molecular complexity index is 3620. The largest absolute Gasteiger partial charge is 0.394 e. The van der Waals surface area contributed by atoms with E-state index in [9.17, 15) is 63.0 Å². The Morgan fingerprint density at radius 1 is 0.652 bits per heavy atom. The zero-order valence-corrected chi connectivity index (χ0v) is 64.8. The van der Waals surface area contributed by atoms with Gasteiger partial charge < -0.3 is 105 Å². The standard InChI is InChI=1S/C78H120N18O16/c1-3-5-7-8-9-10-11-12-13-14-15-16-20-33-66(99)84-36-37-111-38-39-112-49-68(101)88-62(42-53-46-82-50-87-53)74(107)95-64(48-97)75(108)91-58(29-6-4-2)71(104)94-63-44-67(100)83-34-24-23-31-57(69(79)102)89-73(106)61(41-52-45-86-56-30-22-21-28-55(52)56)92-70(103)59(32-25-35-85-78(80)81)90-72(105)60(40-51-26-18-17-19-27-51)93-76(109)65-43-54(98)47-96(65)77(63)110/h17-19,21-22,26-28,30,45-46,50,54,57-65,86,97-98H,3-16,20,23-25,29,31-44,47-49H2,1-2H3,(H2,79,102)(H,82,87)(H,83,100)(H,84,99)(H,88,101)(H,89,106)(H,90,105)(H,91,108)(H,92,103)(H,93,109)(H,94,104)(H,95,107)(H4,80,81,85)/t54-,57+,58+,59+,60-,61+,62+,63+,64+,65+/m1/s1. The predicted octanol–water partition coefficient (Wildman–Crippen LogP) is 1.01. The maximum absolute atomic E-state index is 15.2. The quantitative estimate of drug-likeness (QED) is 0.0167. The summed E-state index contributed by atoms with van der Waals surface area (Å²) in [5, 5.41) is 59.7. The number of nitrogens with zero attached hydrogens (tertiary/aromatic N) is 2. The Morgan fingerprint density at radius 3 is 1.97 bits per heavy atom. The number of imidazole rings is 1. The molecule has 0 unspecified atom stereocenters. The number of aromatic nitrogens is 3. The van der Waals surface area contributed by atoms with Crippen LogP contribution in [-0.4, -0.2) is 227 Å². The number of para-hydroxylation sites is 1. The second-order valence-corrected chi connectivity index (χ2v) is 28.7. The van der Waals surface area contributed by atoms with Crippen molar-refractivity contribution in [1.82, 2.24) is 78.3 Å². The van der Waals surface area contributed by atoms with E-state index in [0.29, 0.717) is 42.6 Å². The molecule has 10 atom stereocenters. The summed E-state index contributed by atoms with van der Waals surface area (Å²) in [6.07, 6.45) is 18.8. The molecule has 2 aromatic heterocycles. The summed E-state index contributed by atoms with van der Waals surface area (Å²) in [4.78, 5) is 181. The number of guanidine groups is 1. The van der Waals surface area contributed by atoms with Crippen LogP contribution in [0.3, 0.4) is 0 Å². The van der Waals surface area contributed by atoms with Crippen molar-refractivity contribution in [3.8, 4) is 0 Å². The monoisotopic (exact) mass is 1560 g/mol. The third-order valence-electron chi connectivity index (χ3n) is 19.6. The third kappa shape index (κ3) is 33.1. The van der Waals surface area contributed by atoms with E-state index >= 15 is 4.79 Å². The van der Waals surface area contributed by atoms with Gasteiger partial charge in [0.15, 0.2) is 5.96 Å². The van der Waals surface area contributed by atoms with Crippen molar-refractivity contribution in [3.05, 3.63) is 90.1 Å². The van der Waals surface area contributed by atoms with Crippen LogP contribution in [0.4, 0.5) is 0 Å². The van der Waals surface area contributed by atoms with E-state index in [1.54, 1.807) is 49.5 Å². The number of fused-ring (bicyclic) bond motifs is 2. The molecule has 2 aliphatic heterocycles. The summed E-state index contributed by atoms with van der Waals surface area (Å²) in [6, 6.07) is 2.13. The lowest BCUT2D eigenvalue weighted by Gasteiger charge is -2.31. The summed E-state index contributed by atoms with van der Waals surface area (Å²) in [6.45, 7) is 2.62. The van der Waals surface area contributed by atoms with E-state index in [4.69, 9.17) is 26.4 Å². The minimum Gasteiger partial charge on any atom is -0.394 e. The summed E-state index contributed by atoms with van der Waals surface area (Å²) >= 11 is 0. The molecule has 2 fully saturated rings. The molecule has 4 aromatic rings. The van der Waals surface area contributed by atoms with Gasteiger partial charge in [0.2, 0.25) is 70.9 Å². The molecular formula is C78H120N18O16. The molecule has 2 aromatic carbocycles. The first-order valence-corrected chi connectivity index (χ1v) is 39.7. The number of rotatable bonds is 44. The van der Waals surface area contributed by atoms with Gasteiger partial charge in [0.05, 0.1) is 51.0 Å². The fourth-order valence-electron chi connectivity index (χ4n) is 13.4. The third-order valence-corrected chi connectivity index (χ3v) is 19.6. The highest BCUT2D eigenvalue weighted by atomic mass is 16.5. The van der Waals surface area contributed by atoms with Crippen molar-refractivity contribution in [1.29, 1.82) is 5.41 Å². The maximum Gasteiger partial charge on any atom is 0.246 e. The van der Waals surface area contributed by atoms with Crippen LogP contribution in [0.15, 0.2) is 73.3 Å². The van der Waals surface area contributed by atoms with Crippen molar-refractivity contribution in [2.24, 2.45) is 11.5 Å². The van der Waals surface area contributed by atoms with Crippen LogP contribution in [0, 0.1) is 5.41 Å². The van der Waals surface area contributed by atoms with Gasteiger partial charge in [-0.25, -0.2) is 4.98 Å². The topological polar surface area (TPSA) is 520 Å². The summed E-state index contributed by atoms with van der Waals surface area (Å²) < 4.78 is 11.1. The van der Waals surface area contributed by atoms with E-state index in [-0.39, 0.29) is 109 Å². The summed E-state index contributed by atoms with van der Waals surface area (Å²) in [7, 11) is 0.